The number of rotatable bonds is 10. The van der Waals surface area contributed by atoms with E-state index < -0.39 is 6.03 Å². The molecule has 0 radical (unpaired) electrons. The third-order valence-electron chi connectivity index (χ3n) is 4.26. The molecule has 1 aromatic heterocycles. The highest BCUT2D eigenvalue weighted by Crippen LogP contribution is 2.30. The van der Waals surface area contributed by atoms with E-state index in [1.807, 2.05) is 42.5 Å². The van der Waals surface area contributed by atoms with Gasteiger partial charge in [0.15, 0.2) is 0 Å². The largest absolute Gasteiger partial charge is 0.494 e. The number of hydrogen-bond donors (Lipinski definition) is 2. The Morgan fingerprint density at radius 1 is 0.966 bits per heavy atom. The van der Waals surface area contributed by atoms with Crippen LogP contribution in [0.1, 0.15) is 19.3 Å². The van der Waals surface area contributed by atoms with E-state index in [0.717, 1.165) is 40.6 Å². The molecule has 29 heavy (non-hydrogen) atoms. The van der Waals surface area contributed by atoms with Crippen molar-refractivity contribution in [2.45, 2.75) is 19.3 Å². The molecule has 0 bridgehead atoms. The summed E-state index contributed by atoms with van der Waals surface area (Å²) in [6.07, 6.45) is 4.45. The zero-order valence-electron chi connectivity index (χ0n) is 16.0. The molecule has 0 atom stereocenters. The van der Waals surface area contributed by atoms with Crippen LogP contribution in [0.25, 0.3) is 11.3 Å². The minimum absolute atomic E-state index is 0.571. The summed E-state index contributed by atoms with van der Waals surface area (Å²) in [5.41, 5.74) is 6.74. The Balaban J connectivity index is 1.37. The first-order chi connectivity index (χ1) is 14.1. The van der Waals surface area contributed by atoms with Crippen LogP contribution < -0.4 is 19.5 Å². The molecular formula is C22H24N2O4S. The van der Waals surface area contributed by atoms with E-state index in [9.17, 15) is 4.79 Å². The van der Waals surface area contributed by atoms with E-state index in [1.165, 1.54) is 0 Å². The van der Waals surface area contributed by atoms with Gasteiger partial charge in [0.25, 0.3) is 0 Å². The molecule has 6 nitrogen and oxygen atoms in total. The van der Waals surface area contributed by atoms with Crippen molar-refractivity contribution in [1.29, 1.82) is 0 Å². The minimum atomic E-state index is -0.640. The summed E-state index contributed by atoms with van der Waals surface area (Å²) in [6.45, 7) is 1.20. The molecule has 0 saturated carbocycles. The molecule has 0 spiro atoms. The SMILES string of the molecule is NC(=O)N(S)c1cccc(OCCCCCOc2ccccc2-c2ccco2)c1. The predicted octanol–water partition coefficient (Wildman–Crippen LogP) is 5.30. The number of carbonyl (C=O) groups is 1. The zero-order valence-corrected chi connectivity index (χ0v) is 16.9. The summed E-state index contributed by atoms with van der Waals surface area (Å²) in [7, 11) is 0. The normalized spacial score (nSPS) is 10.5. The van der Waals surface area contributed by atoms with Crippen molar-refractivity contribution in [1.82, 2.24) is 0 Å². The van der Waals surface area contributed by atoms with Gasteiger partial charge in [0.2, 0.25) is 0 Å². The van der Waals surface area contributed by atoms with Gasteiger partial charge in [0.05, 0.1) is 30.7 Å². The number of ether oxygens (including phenoxy) is 2. The topological polar surface area (TPSA) is 77.9 Å². The third kappa shape index (κ3) is 5.96. The summed E-state index contributed by atoms with van der Waals surface area (Å²) < 4.78 is 18.2. The minimum Gasteiger partial charge on any atom is -0.494 e. The highest BCUT2D eigenvalue weighted by atomic mass is 32.1. The number of unbranched alkanes of at least 4 members (excludes halogenated alkanes) is 2. The number of urea groups is 1. The number of thiol groups is 1. The number of hydrogen-bond acceptors (Lipinski definition) is 5. The molecule has 0 fully saturated rings. The van der Waals surface area contributed by atoms with E-state index >= 15 is 0 Å². The number of para-hydroxylation sites is 1. The molecule has 0 saturated heterocycles. The lowest BCUT2D eigenvalue weighted by atomic mass is 10.1. The highest BCUT2D eigenvalue weighted by molar-refractivity contribution is 7.82. The van der Waals surface area contributed by atoms with E-state index in [2.05, 4.69) is 12.8 Å². The van der Waals surface area contributed by atoms with Crippen LogP contribution in [-0.2, 0) is 0 Å². The summed E-state index contributed by atoms with van der Waals surface area (Å²) in [5.74, 6) is 2.29. The lowest BCUT2D eigenvalue weighted by Crippen LogP contribution is -2.27. The van der Waals surface area contributed by atoms with Crippen LogP contribution in [-0.4, -0.2) is 19.2 Å². The second-order valence-electron chi connectivity index (χ2n) is 6.38. The van der Waals surface area contributed by atoms with Gasteiger partial charge < -0.3 is 19.6 Å². The van der Waals surface area contributed by atoms with Crippen molar-refractivity contribution in [3.8, 4) is 22.8 Å². The Kier molecular flexibility index (Phi) is 7.47. The number of anilines is 1. The molecule has 3 rings (SSSR count). The average molecular weight is 413 g/mol. The van der Waals surface area contributed by atoms with E-state index in [4.69, 9.17) is 19.6 Å². The number of furan rings is 1. The van der Waals surface area contributed by atoms with Gasteiger partial charge in [-0.2, -0.15) is 0 Å². The molecule has 2 N–H and O–H groups in total. The van der Waals surface area contributed by atoms with Gasteiger partial charge in [-0.15, -0.1) is 0 Å². The Morgan fingerprint density at radius 2 is 1.76 bits per heavy atom. The maximum absolute atomic E-state index is 11.2. The Bertz CT molecular complexity index is 915. The summed E-state index contributed by atoms with van der Waals surface area (Å²) in [5, 5.41) is 0. The first-order valence-electron chi connectivity index (χ1n) is 9.42. The van der Waals surface area contributed by atoms with Gasteiger partial charge in [-0.25, -0.2) is 9.10 Å². The quantitative estimate of drug-likeness (QED) is 0.350. The molecule has 2 amide bonds. The number of carbonyl (C=O) groups excluding carboxylic acids is 1. The van der Waals surface area contributed by atoms with Crippen molar-refractivity contribution in [3.63, 3.8) is 0 Å². The number of amides is 2. The molecule has 7 heteroatoms. The summed E-state index contributed by atoms with van der Waals surface area (Å²) in [4.78, 5) is 11.2. The fourth-order valence-electron chi connectivity index (χ4n) is 2.81. The van der Waals surface area contributed by atoms with Crippen LogP contribution in [0.5, 0.6) is 11.5 Å². The maximum Gasteiger partial charge on any atom is 0.329 e. The van der Waals surface area contributed by atoms with Gasteiger partial charge in [-0.3, -0.25) is 0 Å². The van der Waals surface area contributed by atoms with Crippen molar-refractivity contribution in [3.05, 3.63) is 66.9 Å². The molecule has 3 aromatic rings. The van der Waals surface area contributed by atoms with Crippen LogP contribution in [0, 0.1) is 0 Å². The van der Waals surface area contributed by atoms with Crippen molar-refractivity contribution >= 4 is 24.5 Å². The second-order valence-corrected chi connectivity index (χ2v) is 6.78. The summed E-state index contributed by atoms with van der Waals surface area (Å²) in [6, 6.07) is 18.1. The molecule has 152 valence electrons. The number of benzene rings is 2. The molecule has 0 aliphatic rings. The smallest absolute Gasteiger partial charge is 0.329 e. The number of primary amides is 1. The third-order valence-corrected chi connectivity index (χ3v) is 4.69. The molecule has 1 heterocycles. The second kappa shape index (κ2) is 10.5. The zero-order chi connectivity index (χ0) is 20.5. The van der Waals surface area contributed by atoms with Crippen LogP contribution in [0.15, 0.2) is 71.3 Å². The van der Waals surface area contributed by atoms with E-state index in [1.54, 1.807) is 24.5 Å². The lowest BCUT2D eigenvalue weighted by molar-refractivity contribution is 0.257. The van der Waals surface area contributed by atoms with Gasteiger partial charge >= 0.3 is 6.03 Å². The molecule has 0 aliphatic heterocycles. The predicted molar refractivity (Wildman–Crippen MR) is 116 cm³/mol. The number of nitrogens with zero attached hydrogens (tertiary/aromatic N) is 1. The fourth-order valence-corrected chi connectivity index (χ4v) is 2.94. The van der Waals surface area contributed by atoms with Crippen molar-refractivity contribution < 1.29 is 18.7 Å². The monoisotopic (exact) mass is 412 g/mol. The number of nitrogens with two attached hydrogens (primary N) is 1. The fraction of sp³-hybridized carbons (Fsp3) is 0.227. The van der Waals surface area contributed by atoms with Gasteiger partial charge in [-0.1, -0.05) is 31.0 Å². The van der Waals surface area contributed by atoms with Crippen LogP contribution in [0.3, 0.4) is 0 Å². The first-order valence-corrected chi connectivity index (χ1v) is 9.82. The maximum atomic E-state index is 11.2. The Morgan fingerprint density at radius 3 is 2.52 bits per heavy atom. The average Bonchev–Trinajstić information content (AvgIpc) is 3.27. The van der Waals surface area contributed by atoms with Crippen molar-refractivity contribution in [2.24, 2.45) is 5.73 Å². The standard InChI is InChI=1S/C22H24N2O4S/c23-22(25)24(29)17-8-6-9-18(16-17)26-13-4-1-5-14-27-20-11-3-2-10-19(20)21-12-7-15-28-21/h2-3,6-12,15-16,29H,1,4-5,13-14H2,(H2,23,25). The van der Waals surface area contributed by atoms with Crippen LogP contribution in [0.2, 0.25) is 0 Å². The highest BCUT2D eigenvalue weighted by Gasteiger charge is 2.09. The van der Waals surface area contributed by atoms with Gasteiger partial charge in [-0.05, 0) is 55.7 Å². The summed E-state index contributed by atoms with van der Waals surface area (Å²) >= 11 is 4.05. The van der Waals surface area contributed by atoms with E-state index in [0.29, 0.717) is 24.7 Å². The lowest BCUT2D eigenvalue weighted by Gasteiger charge is -2.14. The Labute approximate surface area is 175 Å². The van der Waals surface area contributed by atoms with E-state index in [-0.39, 0.29) is 0 Å². The molecule has 0 aliphatic carbocycles. The Hall–Kier alpha value is -3.06. The van der Waals surface area contributed by atoms with Gasteiger partial charge in [0, 0.05) is 6.07 Å². The van der Waals surface area contributed by atoms with Gasteiger partial charge in [0.1, 0.15) is 17.3 Å². The van der Waals surface area contributed by atoms with Crippen LogP contribution >= 0.6 is 12.8 Å². The molecular weight excluding hydrogens is 388 g/mol. The first kappa shape index (κ1) is 20.7. The molecule has 2 aromatic carbocycles. The van der Waals surface area contributed by atoms with Crippen LogP contribution in [0.4, 0.5) is 10.5 Å². The molecule has 0 unspecified atom stereocenters. The van der Waals surface area contributed by atoms with Crippen molar-refractivity contribution in [2.75, 3.05) is 17.5 Å².